The zero-order valence-corrected chi connectivity index (χ0v) is 14.4. The number of hydrogen-bond donors (Lipinski definition) is 3. The average molecular weight is 340 g/mol. The average Bonchev–Trinajstić information content (AvgIpc) is 3.00. The first kappa shape index (κ1) is 17.0. The van der Waals surface area contributed by atoms with E-state index in [-0.39, 0.29) is 0 Å². The van der Waals surface area contributed by atoms with Crippen molar-refractivity contribution in [2.75, 3.05) is 24.2 Å². The van der Waals surface area contributed by atoms with Gasteiger partial charge in [0.15, 0.2) is 5.65 Å². The van der Waals surface area contributed by atoms with Gasteiger partial charge in [-0.3, -0.25) is 0 Å². The number of aryl methyl sites for hydroxylation is 1. The molecule has 0 aliphatic heterocycles. The Labute approximate surface area is 147 Å². The van der Waals surface area contributed by atoms with Crippen molar-refractivity contribution in [3.05, 3.63) is 42.2 Å². The van der Waals surface area contributed by atoms with Gasteiger partial charge in [-0.1, -0.05) is 0 Å². The number of nitrogen functional groups attached to an aromatic ring is 1. The Balaban J connectivity index is 1.84. The Morgan fingerprint density at radius 3 is 2.72 bits per heavy atom. The molecule has 2 aromatic heterocycles. The number of fused-ring (bicyclic) bond motifs is 1. The molecule has 0 atom stereocenters. The molecule has 0 saturated heterocycles. The predicted molar refractivity (Wildman–Crippen MR) is 100 cm³/mol. The van der Waals surface area contributed by atoms with Gasteiger partial charge in [-0.2, -0.15) is 0 Å². The molecule has 1 aromatic carbocycles. The normalized spacial score (nSPS) is 11.0. The second-order valence-electron chi connectivity index (χ2n) is 5.81. The third kappa shape index (κ3) is 4.19. The Bertz CT molecular complexity index is 827. The molecule has 3 aromatic rings. The van der Waals surface area contributed by atoms with Crippen molar-refractivity contribution in [2.45, 2.75) is 26.2 Å². The van der Waals surface area contributed by atoms with E-state index in [4.69, 9.17) is 16.2 Å². The van der Waals surface area contributed by atoms with Crippen LogP contribution in [-0.2, 0) is 6.42 Å². The number of rotatable bonds is 8. The minimum absolute atomic E-state index is 0.437. The molecule has 0 bridgehead atoms. The first-order valence-electron chi connectivity index (χ1n) is 8.54. The minimum Gasteiger partial charge on any atom is -0.494 e. The van der Waals surface area contributed by atoms with Crippen LogP contribution in [0.5, 0.6) is 5.75 Å². The van der Waals surface area contributed by atoms with Gasteiger partial charge in [-0.15, -0.1) is 5.10 Å². The summed E-state index contributed by atoms with van der Waals surface area (Å²) in [5.74, 6) is 1.28. The number of benzene rings is 1. The largest absolute Gasteiger partial charge is 0.494 e. The third-order valence-corrected chi connectivity index (χ3v) is 3.83. The molecular weight excluding hydrogens is 316 g/mol. The molecule has 5 N–H and O–H groups in total. The van der Waals surface area contributed by atoms with Crippen LogP contribution in [0, 0.1) is 0 Å². The van der Waals surface area contributed by atoms with Crippen LogP contribution in [0.3, 0.4) is 0 Å². The minimum atomic E-state index is 0.437. The molecule has 132 valence electrons. The van der Waals surface area contributed by atoms with Crippen LogP contribution in [0.2, 0.25) is 0 Å². The van der Waals surface area contributed by atoms with Gasteiger partial charge in [-0.05, 0) is 57.0 Å². The lowest BCUT2D eigenvalue weighted by molar-refractivity contribution is 0.340. The molecule has 25 heavy (non-hydrogen) atoms. The lowest BCUT2D eigenvalue weighted by Crippen LogP contribution is -2.01. The monoisotopic (exact) mass is 340 g/mol. The van der Waals surface area contributed by atoms with Crippen molar-refractivity contribution in [2.24, 2.45) is 5.73 Å². The predicted octanol–water partition coefficient (Wildman–Crippen LogP) is 2.74. The van der Waals surface area contributed by atoms with Crippen molar-refractivity contribution in [3.63, 3.8) is 0 Å². The number of nitrogens with one attached hydrogen (secondary N) is 1. The van der Waals surface area contributed by atoms with Gasteiger partial charge in [0, 0.05) is 11.8 Å². The van der Waals surface area contributed by atoms with Crippen molar-refractivity contribution < 1.29 is 4.74 Å². The summed E-state index contributed by atoms with van der Waals surface area (Å²) in [5.41, 5.74) is 15.0. The highest BCUT2D eigenvalue weighted by atomic mass is 16.5. The zero-order chi connectivity index (χ0) is 17.6. The fourth-order valence-electron chi connectivity index (χ4n) is 2.66. The number of ether oxygens (including phenoxy) is 1. The number of nitrogens with zero attached hydrogens (tertiary/aromatic N) is 3. The van der Waals surface area contributed by atoms with Crippen molar-refractivity contribution in [1.82, 2.24) is 14.6 Å². The number of unbranched alkanes of at least 4 members (excludes halogenated alkanes) is 1. The van der Waals surface area contributed by atoms with Crippen molar-refractivity contribution in [3.8, 4) is 5.75 Å². The van der Waals surface area contributed by atoms with Gasteiger partial charge in [-0.25, -0.2) is 9.50 Å². The Hall–Kier alpha value is -2.80. The quantitative estimate of drug-likeness (QED) is 0.545. The Kier molecular flexibility index (Phi) is 5.35. The molecule has 2 heterocycles. The fourth-order valence-corrected chi connectivity index (χ4v) is 2.66. The van der Waals surface area contributed by atoms with Gasteiger partial charge in [0.05, 0.1) is 24.2 Å². The molecule has 0 aliphatic carbocycles. The highest BCUT2D eigenvalue weighted by Crippen LogP contribution is 2.24. The molecule has 0 saturated carbocycles. The van der Waals surface area contributed by atoms with Gasteiger partial charge in [0.25, 0.3) is 0 Å². The van der Waals surface area contributed by atoms with Crippen molar-refractivity contribution in [1.29, 1.82) is 0 Å². The molecule has 0 radical (unpaired) electrons. The molecular formula is C18H24N6O. The van der Waals surface area contributed by atoms with E-state index in [1.165, 1.54) is 0 Å². The zero-order valence-electron chi connectivity index (χ0n) is 14.4. The second kappa shape index (κ2) is 7.85. The highest BCUT2D eigenvalue weighted by Gasteiger charge is 2.10. The summed E-state index contributed by atoms with van der Waals surface area (Å²) in [6.45, 7) is 3.31. The number of hydrogen-bond acceptors (Lipinski definition) is 6. The van der Waals surface area contributed by atoms with E-state index in [0.29, 0.717) is 19.0 Å². The van der Waals surface area contributed by atoms with Gasteiger partial charge in [0.1, 0.15) is 11.6 Å². The van der Waals surface area contributed by atoms with Gasteiger partial charge >= 0.3 is 0 Å². The summed E-state index contributed by atoms with van der Waals surface area (Å²) in [4.78, 5) is 4.69. The summed E-state index contributed by atoms with van der Waals surface area (Å²) in [6.07, 6.45) is 4.80. The topological polar surface area (TPSA) is 103 Å². The molecule has 0 fully saturated rings. The van der Waals surface area contributed by atoms with E-state index in [0.717, 1.165) is 47.7 Å². The third-order valence-electron chi connectivity index (χ3n) is 3.83. The lowest BCUT2D eigenvalue weighted by atomic mass is 10.2. The molecule has 7 heteroatoms. The maximum atomic E-state index is 5.94. The molecule has 0 unspecified atom stereocenters. The van der Waals surface area contributed by atoms with Crippen LogP contribution >= 0.6 is 0 Å². The molecule has 7 nitrogen and oxygen atoms in total. The second-order valence-corrected chi connectivity index (χ2v) is 5.81. The Morgan fingerprint density at radius 2 is 2.00 bits per heavy atom. The van der Waals surface area contributed by atoms with Crippen LogP contribution in [0.4, 0.5) is 17.2 Å². The molecule has 0 amide bonds. The number of imidazole rings is 1. The van der Waals surface area contributed by atoms with E-state index in [1.807, 2.05) is 37.4 Å². The first-order valence-corrected chi connectivity index (χ1v) is 8.54. The lowest BCUT2D eigenvalue weighted by Gasteiger charge is -2.09. The van der Waals surface area contributed by atoms with Crippen LogP contribution in [0.15, 0.2) is 36.5 Å². The first-order chi connectivity index (χ1) is 12.2. The van der Waals surface area contributed by atoms with E-state index in [1.54, 1.807) is 10.6 Å². The molecule has 0 aliphatic rings. The summed E-state index contributed by atoms with van der Waals surface area (Å²) in [5, 5.41) is 7.67. The number of aromatic nitrogens is 3. The smallest absolute Gasteiger partial charge is 0.177 e. The number of anilines is 3. The van der Waals surface area contributed by atoms with Gasteiger partial charge in [0.2, 0.25) is 0 Å². The van der Waals surface area contributed by atoms with Crippen LogP contribution < -0.4 is 21.5 Å². The fraction of sp³-hybridized carbons (Fsp3) is 0.333. The van der Waals surface area contributed by atoms with Crippen molar-refractivity contribution >= 4 is 22.8 Å². The summed E-state index contributed by atoms with van der Waals surface area (Å²) in [7, 11) is 0. The maximum absolute atomic E-state index is 5.94. The highest BCUT2D eigenvalue weighted by molar-refractivity contribution is 5.75. The Morgan fingerprint density at radius 1 is 1.20 bits per heavy atom. The number of nitrogens with two attached hydrogens (primary N) is 2. The van der Waals surface area contributed by atoms with Crippen LogP contribution in [-0.4, -0.2) is 27.7 Å². The molecule has 0 spiro atoms. The SMILES string of the molecule is CCOc1ccc(Nc2cc(N)nn3cc(CCCCN)nc23)cc1. The van der Waals surface area contributed by atoms with Gasteiger partial charge < -0.3 is 21.5 Å². The summed E-state index contributed by atoms with van der Waals surface area (Å²) >= 11 is 0. The van der Waals surface area contributed by atoms with E-state index < -0.39 is 0 Å². The summed E-state index contributed by atoms with van der Waals surface area (Å²) in [6, 6.07) is 9.57. The summed E-state index contributed by atoms with van der Waals surface area (Å²) < 4.78 is 7.19. The van der Waals surface area contributed by atoms with E-state index >= 15 is 0 Å². The van der Waals surface area contributed by atoms with Crippen LogP contribution in [0.1, 0.15) is 25.5 Å². The molecule has 3 rings (SSSR count). The standard InChI is InChI=1S/C18H24N6O/c1-2-25-15-8-6-13(7-9-15)21-16-11-17(20)23-24-12-14(22-18(16)24)5-3-4-10-19/h6-9,11-12,21H,2-5,10,19H2,1H3,(H2,20,23). The van der Waals surface area contributed by atoms with Crippen LogP contribution in [0.25, 0.3) is 5.65 Å². The van der Waals surface area contributed by atoms with E-state index in [2.05, 4.69) is 15.4 Å². The maximum Gasteiger partial charge on any atom is 0.177 e. The van der Waals surface area contributed by atoms with E-state index in [9.17, 15) is 0 Å².